The lowest BCUT2D eigenvalue weighted by Gasteiger charge is -2.21. The second-order valence-corrected chi connectivity index (χ2v) is 4.42. The molecule has 81 valence electrons. The van der Waals surface area contributed by atoms with E-state index < -0.39 is 0 Å². The van der Waals surface area contributed by atoms with Crippen molar-refractivity contribution in [1.82, 2.24) is 0 Å². The lowest BCUT2D eigenvalue weighted by Crippen LogP contribution is -2.28. The number of aliphatic hydroxyl groups is 1. The van der Waals surface area contributed by atoms with Crippen molar-refractivity contribution in [3.63, 3.8) is 0 Å². The average Bonchev–Trinajstić information content (AvgIpc) is 2.18. The third kappa shape index (κ3) is 4.36. The van der Waals surface area contributed by atoms with Crippen molar-refractivity contribution >= 4 is 18.6 Å². The van der Waals surface area contributed by atoms with Crippen LogP contribution in [0.3, 0.4) is 0 Å². The molecule has 0 unspecified atom stereocenters. The summed E-state index contributed by atoms with van der Waals surface area (Å²) in [5.74, 6) is 0. The quantitative estimate of drug-likeness (QED) is 0.546. The molecule has 0 aliphatic rings. The SMILES string of the molecule is CC(C)(CO)CO[B]c1cccc(N)c1. The predicted molar refractivity (Wildman–Crippen MR) is 63.1 cm³/mol. The van der Waals surface area contributed by atoms with Gasteiger partial charge in [-0.1, -0.05) is 31.4 Å². The predicted octanol–water partition coefficient (Wildman–Crippen LogP) is 0.548. The summed E-state index contributed by atoms with van der Waals surface area (Å²) in [6.45, 7) is 4.48. The van der Waals surface area contributed by atoms with Crippen LogP contribution in [-0.2, 0) is 4.65 Å². The van der Waals surface area contributed by atoms with Gasteiger partial charge in [-0.3, -0.25) is 0 Å². The topological polar surface area (TPSA) is 55.5 Å². The van der Waals surface area contributed by atoms with Gasteiger partial charge in [-0.05, 0) is 12.1 Å². The summed E-state index contributed by atoms with van der Waals surface area (Å²) in [6, 6.07) is 7.46. The van der Waals surface area contributed by atoms with Gasteiger partial charge in [-0.2, -0.15) is 0 Å². The molecule has 1 radical (unpaired) electrons. The maximum Gasteiger partial charge on any atom is 0.330 e. The van der Waals surface area contributed by atoms with Crippen molar-refractivity contribution < 1.29 is 9.76 Å². The highest BCUT2D eigenvalue weighted by Gasteiger charge is 2.16. The Kier molecular flexibility index (Phi) is 4.18. The maximum absolute atomic E-state index is 9.02. The number of anilines is 1. The van der Waals surface area contributed by atoms with Crippen LogP contribution in [0.1, 0.15) is 13.8 Å². The van der Waals surface area contributed by atoms with Gasteiger partial charge < -0.3 is 15.5 Å². The Morgan fingerprint density at radius 1 is 1.47 bits per heavy atom. The molecule has 15 heavy (non-hydrogen) atoms. The van der Waals surface area contributed by atoms with Crippen LogP contribution in [0.4, 0.5) is 5.69 Å². The fourth-order valence-corrected chi connectivity index (χ4v) is 1.04. The van der Waals surface area contributed by atoms with Crippen molar-refractivity contribution in [3.05, 3.63) is 24.3 Å². The summed E-state index contributed by atoms with van der Waals surface area (Å²) in [7, 11) is 1.66. The van der Waals surface area contributed by atoms with E-state index >= 15 is 0 Å². The van der Waals surface area contributed by atoms with Crippen LogP contribution in [-0.4, -0.2) is 25.8 Å². The third-order valence-corrected chi connectivity index (χ3v) is 2.03. The maximum atomic E-state index is 9.02. The molecule has 1 aromatic carbocycles. The van der Waals surface area contributed by atoms with Crippen molar-refractivity contribution in [3.8, 4) is 0 Å². The van der Waals surface area contributed by atoms with E-state index in [4.69, 9.17) is 15.5 Å². The first-order chi connectivity index (χ1) is 7.03. The first kappa shape index (κ1) is 12.1. The molecule has 1 aromatic rings. The largest absolute Gasteiger partial charge is 0.434 e. The Bertz CT molecular complexity index is 315. The van der Waals surface area contributed by atoms with Gasteiger partial charge in [0.25, 0.3) is 0 Å². The van der Waals surface area contributed by atoms with E-state index in [1.54, 1.807) is 7.48 Å². The molecule has 0 bridgehead atoms. The molecule has 0 heterocycles. The summed E-state index contributed by atoms with van der Waals surface area (Å²) in [4.78, 5) is 0. The second-order valence-electron chi connectivity index (χ2n) is 4.42. The van der Waals surface area contributed by atoms with Gasteiger partial charge in [0, 0.05) is 17.7 Å². The molecule has 0 aliphatic heterocycles. The van der Waals surface area contributed by atoms with Crippen LogP contribution in [0.5, 0.6) is 0 Å². The number of benzene rings is 1. The van der Waals surface area contributed by atoms with Crippen molar-refractivity contribution in [2.75, 3.05) is 18.9 Å². The summed E-state index contributed by atoms with van der Waals surface area (Å²) in [5.41, 5.74) is 7.07. The molecular formula is C11H17BNO2. The first-order valence-electron chi connectivity index (χ1n) is 4.95. The molecule has 0 saturated heterocycles. The van der Waals surface area contributed by atoms with Crippen molar-refractivity contribution in [2.24, 2.45) is 5.41 Å². The average molecular weight is 206 g/mol. The van der Waals surface area contributed by atoms with Crippen LogP contribution in [0.25, 0.3) is 0 Å². The Hall–Kier alpha value is -0.995. The fraction of sp³-hybridized carbons (Fsp3) is 0.455. The Morgan fingerprint density at radius 3 is 2.80 bits per heavy atom. The van der Waals surface area contributed by atoms with Crippen LogP contribution >= 0.6 is 0 Å². The van der Waals surface area contributed by atoms with Gasteiger partial charge in [0.2, 0.25) is 0 Å². The lowest BCUT2D eigenvalue weighted by molar-refractivity contribution is 0.101. The molecule has 0 fully saturated rings. The smallest absolute Gasteiger partial charge is 0.330 e. The highest BCUT2D eigenvalue weighted by molar-refractivity contribution is 6.47. The molecule has 0 aromatic heterocycles. The van der Waals surface area contributed by atoms with Gasteiger partial charge in [-0.25, -0.2) is 0 Å². The molecule has 0 aliphatic carbocycles. The fourth-order valence-electron chi connectivity index (χ4n) is 1.04. The van der Waals surface area contributed by atoms with Crippen LogP contribution in [0.2, 0.25) is 0 Å². The van der Waals surface area contributed by atoms with Crippen LogP contribution < -0.4 is 11.2 Å². The third-order valence-electron chi connectivity index (χ3n) is 2.03. The molecule has 1 rings (SSSR count). The van der Waals surface area contributed by atoms with E-state index in [-0.39, 0.29) is 12.0 Å². The van der Waals surface area contributed by atoms with E-state index in [9.17, 15) is 0 Å². The van der Waals surface area contributed by atoms with Crippen molar-refractivity contribution in [1.29, 1.82) is 0 Å². The zero-order valence-corrected chi connectivity index (χ0v) is 9.23. The molecule has 3 nitrogen and oxygen atoms in total. The summed E-state index contributed by atoms with van der Waals surface area (Å²) in [6.07, 6.45) is 0. The Morgan fingerprint density at radius 2 is 2.20 bits per heavy atom. The standard InChI is InChI=1S/C11H17BNO2/c1-11(2,7-14)8-15-12-9-4-3-5-10(13)6-9/h3-6,14H,7-8,13H2,1-2H3. The highest BCUT2D eigenvalue weighted by atomic mass is 16.4. The van der Waals surface area contributed by atoms with E-state index in [1.165, 1.54) is 0 Å². The minimum Gasteiger partial charge on any atom is -0.434 e. The highest BCUT2D eigenvalue weighted by Crippen LogP contribution is 2.12. The zero-order valence-electron chi connectivity index (χ0n) is 9.23. The Balaban J connectivity index is 2.38. The van der Waals surface area contributed by atoms with Crippen LogP contribution in [0.15, 0.2) is 24.3 Å². The number of aliphatic hydroxyl groups excluding tert-OH is 1. The van der Waals surface area contributed by atoms with Crippen LogP contribution in [0, 0.1) is 5.41 Å². The Labute approximate surface area is 91.5 Å². The zero-order chi connectivity index (χ0) is 11.3. The second kappa shape index (κ2) is 5.19. The lowest BCUT2D eigenvalue weighted by atomic mass is 9.86. The number of nitrogen functional groups attached to an aromatic ring is 1. The molecule has 0 spiro atoms. The number of hydrogen-bond donors (Lipinski definition) is 2. The summed E-state index contributed by atoms with van der Waals surface area (Å²) in [5, 5.41) is 9.02. The molecule has 0 atom stereocenters. The summed E-state index contributed by atoms with van der Waals surface area (Å²) < 4.78 is 5.39. The van der Waals surface area contributed by atoms with Gasteiger partial charge in [0.1, 0.15) is 0 Å². The molecular weight excluding hydrogens is 189 g/mol. The van der Waals surface area contributed by atoms with Crippen molar-refractivity contribution in [2.45, 2.75) is 13.8 Å². The number of rotatable bonds is 5. The van der Waals surface area contributed by atoms with E-state index in [0.717, 1.165) is 5.46 Å². The van der Waals surface area contributed by atoms with E-state index in [2.05, 4.69) is 0 Å². The molecule has 4 heteroatoms. The molecule has 3 N–H and O–H groups in total. The van der Waals surface area contributed by atoms with E-state index in [1.807, 2.05) is 38.1 Å². The molecule has 0 saturated carbocycles. The van der Waals surface area contributed by atoms with Gasteiger partial charge in [-0.15, -0.1) is 0 Å². The van der Waals surface area contributed by atoms with Gasteiger partial charge in [0.15, 0.2) is 0 Å². The normalized spacial score (nSPS) is 11.4. The molecule has 0 amide bonds. The summed E-state index contributed by atoms with van der Waals surface area (Å²) >= 11 is 0. The number of hydrogen-bond acceptors (Lipinski definition) is 3. The van der Waals surface area contributed by atoms with Gasteiger partial charge in [0.05, 0.1) is 6.61 Å². The minimum absolute atomic E-state index is 0.109. The minimum atomic E-state index is -0.211. The van der Waals surface area contributed by atoms with Gasteiger partial charge >= 0.3 is 7.48 Å². The first-order valence-corrected chi connectivity index (χ1v) is 4.95. The van der Waals surface area contributed by atoms with E-state index in [0.29, 0.717) is 12.3 Å². The monoisotopic (exact) mass is 206 g/mol. The number of nitrogens with two attached hydrogens (primary N) is 1.